The predicted molar refractivity (Wildman–Crippen MR) is 84.3 cm³/mol. The maximum atomic E-state index is 13.3. The first-order chi connectivity index (χ1) is 11.0. The number of hydrogen-bond donors (Lipinski definition) is 1. The van der Waals surface area contributed by atoms with Crippen molar-refractivity contribution in [3.8, 4) is 5.75 Å². The van der Waals surface area contributed by atoms with Gasteiger partial charge in [0.25, 0.3) is 5.91 Å². The number of ether oxygens (including phenoxy) is 1. The molecule has 0 saturated carbocycles. The number of halogens is 2. The highest BCUT2D eigenvalue weighted by Gasteiger charge is 2.15. The van der Waals surface area contributed by atoms with Gasteiger partial charge in [0.2, 0.25) is 0 Å². The van der Waals surface area contributed by atoms with Gasteiger partial charge in [-0.3, -0.25) is 4.79 Å². The Morgan fingerprint density at radius 1 is 1.35 bits per heavy atom. The van der Waals surface area contributed by atoms with Gasteiger partial charge in [-0.25, -0.2) is 8.78 Å². The average Bonchev–Trinajstić information content (AvgIpc) is 2.52. The van der Waals surface area contributed by atoms with E-state index >= 15 is 0 Å². The molecule has 0 spiro atoms. The van der Waals surface area contributed by atoms with Crippen molar-refractivity contribution in [3.63, 3.8) is 0 Å². The van der Waals surface area contributed by atoms with Gasteiger partial charge in [0.1, 0.15) is 5.82 Å². The van der Waals surface area contributed by atoms with Gasteiger partial charge in [0, 0.05) is 12.6 Å². The summed E-state index contributed by atoms with van der Waals surface area (Å²) >= 11 is 0. The lowest BCUT2D eigenvalue weighted by atomic mass is 9.99. The number of rotatable bonds is 7. The van der Waals surface area contributed by atoms with Crippen LogP contribution in [0.25, 0.3) is 0 Å². The summed E-state index contributed by atoms with van der Waals surface area (Å²) in [5, 5.41) is 2.74. The highest BCUT2D eigenvalue weighted by atomic mass is 19.1. The van der Waals surface area contributed by atoms with Crippen LogP contribution < -0.4 is 10.1 Å². The zero-order valence-electron chi connectivity index (χ0n) is 13.5. The third kappa shape index (κ3) is 6.14. The molecule has 0 unspecified atom stereocenters. The molecule has 1 amide bonds. The van der Waals surface area contributed by atoms with Gasteiger partial charge in [-0.15, -0.1) is 0 Å². The number of amides is 1. The molecule has 0 aliphatic carbocycles. The number of carbonyl (C=O) groups is 1. The molecule has 128 valence electrons. The fourth-order valence-corrected chi connectivity index (χ4v) is 2.60. The Morgan fingerprint density at radius 3 is 2.78 bits per heavy atom. The number of piperidine rings is 1. The van der Waals surface area contributed by atoms with Crippen LogP contribution in [0.3, 0.4) is 0 Å². The number of nitrogens with one attached hydrogen (secondary N) is 1. The summed E-state index contributed by atoms with van der Waals surface area (Å²) in [5.74, 6) is -1.09. The van der Waals surface area contributed by atoms with E-state index < -0.39 is 11.6 Å². The van der Waals surface area contributed by atoms with Gasteiger partial charge in [-0.2, -0.15) is 0 Å². The smallest absolute Gasteiger partial charge is 0.257 e. The third-order valence-corrected chi connectivity index (χ3v) is 4.10. The molecule has 23 heavy (non-hydrogen) atoms. The van der Waals surface area contributed by atoms with Gasteiger partial charge in [0.05, 0.1) is 0 Å². The quantitative estimate of drug-likeness (QED) is 0.783. The summed E-state index contributed by atoms with van der Waals surface area (Å²) in [6.07, 6.45) is 3.36. The number of hydrogen-bond acceptors (Lipinski definition) is 3. The van der Waals surface area contributed by atoms with Crippen LogP contribution in [0.15, 0.2) is 18.2 Å². The second kappa shape index (κ2) is 8.82. The first kappa shape index (κ1) is 17.7. The van der Waals surface area contributed by atoms with Crippen molar-refractivity contribution >= 4 is 5.91 Å². The Bertz CT molecular complexity index is 517. The number of carbonyl (C=O) groups excluding carboxylic acids is 1. The molecule has 1 aromatic rings. The summed E-state index contributed by atoms with van der Waals surface area (Å²) in [4.78, 5) is 14.1. The highest BCUT2D eigenvalue weighted by Crippen LogP contribution is 2.17. The Labute approximate surface area is 135 Å². The highest BCUT2D eigenvalue weighted by molar-refractivity contribution is 5.77. The normalized spacial score (nSPS) is 16.3. The molecule has 1 fully saturated rings. The molecule has 1 aliphatic heterocycles. The van der Waals surface area contributed by atoms with Crippen molar-refractivity contribution in [3.05, 3.63) is 29.8 Å². The summed E-state index contributed by atoms with van der Waals surface area (Å²) < 4.78 is 31.1. The minimum atomic E-state index is -0.808. The molecular formula is C17H24F2N2O2. The summed E-state index contributed by atoms with van der Waals surface area (Å²) in [6, 6.07) is 3.00. The monoisotopic (exact) mass is 326 g/mol. The van der Waals surface area contributed by atoms with Crippen LogP contribution in [-0.4, -0.2) is 43.6 Å². The molecule has 1 aromatic carbocycles. The van der Waals surface area contributed by atoms with E-state index in [9.17, 15) is 13.6 Å². The summed E-state index contributed by atoms with van der Waals surface area (Å²) in [6.45, 7) is 5.80. The van der Waals surface area contributed by atoms with E-state index in [0.29, 0.717) is 6.54 Å². The van der Waals surface area contributed by atoms with Crippen molar-refractivity contribution in [2.45, 2.75) is 26.2 Å². The van der Waals surface area contributed by atoms with Gasteiger partial charge in [0.15, 0.2) is 18.2 Å². The van der Waals surface area contributed by atoms with E-state index in [2.05, 4.69) is 17.1 Å². The minimum Gasteiger partial charge on any atom is -0.481 e. The van der Waals surface area contributed by atoms with E-state index in [0.717, 1.165) is 44.1 Å². The second-order valence-electron chi connectivity index (χ2n) is 6.09. The molecule has 1 aliphatic rings. The topological polar surface area (TPSA) is 41.6 Å². The van der Waals surface area contributed by atoms with Gasteiger partial charge in [-0.1, -0.05) is 6.92 Å². The molecule has 4 nitrogen and oxygen atoms in total. The summed E-state index contributed by atoms with van der Waals surface area (Å²) in [7, 11) is 0. The Balaban J connectivity index is 1.58. The molecule has 0 aromatic heterocycles. The Hall–Kier alpha value is -1.69. The molecule has 1 heterocycles. The lowest BCUT2D eigenvalue weighted by Crippen LogP contribution is -2.36. The molecule has 1 N–H and O–H groups in total. The SMILES string of the molecule is CC1CCN(CCCNC(=O)COc2ccc(F)cc2F)CC1. The maximum Gasteiger partial charge on any atom is 0.257 e. The second-order valence-corrected chi connectivity index (χ2v) is 6.09. The standard InChI is InChI=1S/C17H24F2N2O2/c1-13-5-9-21(10-6-13)8-2-7-20-17(22)12-23-16-4-3-14(18)11-15(16)19/h3-4,11,13H,2,5-10,12H2,1H3,(H,20,22). The van der Waals surface area contributed by atoms with Gasteiger partial charge < -0.3 is 15.0 Å². The van der Waals surface area contributed by atoms with Crippen LogP contribution in [0.2, 0.25) is 0 Å². The molecule has 0 radical (unpaired) electrons. The maximum absolute atomic E-state index is 13.3. The average molecular weight is 326 g/mol. The van der Waals surface area contributed by atoms with Crippen molar-refractivity contribution in [2.24, 2.45) is 5.92 Å². The minimum absolute atomic E-state index is 0.121. The lowest BCUT2D eigenvalue weighted by Gasteiger charge is -2.30. The van der Waals surface area contributed by atoms with Gasteiger partial charge in [-0.05, 0) is 56.9 Å². The number of likely N-dealkylation sites (tertiary alicyclic amines) is 1. The van der Waals surface area contributed by atoms with Crippen LogP contribution in [-0.2, 0) is 4.79 Å². The largest absolute Gasteiger partial charge is 0.481 e. The molecular weight excluding hydrogens is 302 g/mol. The van der Waals surface area contributed by atoms with Crippen LogP contribution in [0, 0.1) is 17.6 Å². The molecule has 6 heteroatoms. The van der Waals surface area contributed by atoms with Crippen LogP contribution in [0.5, 0.6) is 5.75 Å². The third-order valence-electron chi connectivity index (χ3n) is 4.10. The zero-order valence-corrected chi connectivity index (χ0v) is 13.5. The molecule has 0 bridgehead atoms. The van der Waals surface area contributed by atoms with E-state index in [-0.39, 0.29) is 18.3 Å². The van der Waals surface area contributed by atoms with Crippen molar-refractivity contribution in [1.29, 1.82) is 0 Å². The fraction of sp³-hybridized carbons (Fsp3) is 0.588. The molecule has 1 saturated heterocycles. The van der Waals surface area contributed by atoms with Gasteiger partial charge >= 0.3 is 0 Å². The first-order valence-corrected chi connectivity index (χ1v) is 8.11. The zero-order chi connectivity index (χ0) is 16.7. The van der Waals surface area contributed by atoms with Crippen molar-refractivity contribution < 1.29 is 18.3 Å². The molecule has 0 atom stereocenters. The number of benzene rings is 1. The first-order valence-electron chi connectivity index (χ1n) is 8.11. The number of nitrogens with zero attached hydrogens (tertiary/aromatic N) is 1. The fourth-order valence-electron chi connectivity index (χ4n) is 2.60. The van der Waals surface area contributed by atoms with Crippen LogP contribution in [0.4, 0.5) is 8.78 Å². The lowest BCUT2D eigenvalue weighted by molar-refractivity contribution is -0.123. The van der Waals surface area contributed by atoms with Crippen molar-refractivity contribution in [1.82, 2.24) is 10.2 Å². The van der Waals surface area contributed by atoms with E-state index in [1.807, 2.05) is 0 Å². The van der Waals surface area contributed by atoms with E-state index in [1.54, 1.807) is 0 Å². The summed E-state index contributed by atoms with van der Waals surface area (Å²) in [5.41, 5.74) is 0. The Kier molecular flexibility index (Phi) is 6.77. The van der Waals surface area contributed by atoms with E-state index in [4.69, 9.17) is 4.74 Å². The van der Waals surface area contributed by atoms with Crippen LogP contribution in [0.1, 0.15) is 26.2 Å². The molecule has 2 rings (SSSR count). The predicted octanol–water partition coefficient (Wildman–Crippen LogP) is 2.58. The Morgan fingerprint density at radius 2 is 2.09 bits per heavy atom. The van der Waals surface area contributed by atoms with E-state index in [1.165, 1.54) is 18.9 Å². The van der Waals surface area contributed by atoms with Crippen molar-refractivity contribution in [2.75, 3.05) is 32.8 Å². The van der Waals surface area contributed by atoms with Crippen LogP contribution >= 0.6 is 0 Å².